The maximum Gasteiger partial charge on any atom is 0.153 e. The fraction of sp³-hybridized carbons (Fsp3) is 0.971. The molecule has 220 valence electrons. The van der Waals surface area contributed by atoms with Gasteiger partial charge in [-0.15, -0.1) is 0 Å². The Morgan fingerprint density at radius 1 is 0.622 bits per heavy atom. The average molecular weight is 524 g/mol. The van der Waals surface area contributed by atoms with Gasteiger partial charge in [0.1, 0.15) is 6.17 Å². The lowest BCUT2D eigenvalue weighted by atomic mass is 9.86. The highest BCUT2D eigenvalue weighted by atomic mass is 19.1. The topological polar surface area (TPSA) is 20.3 Å². The molecule has 1 aliphatic heterocycles. The monoisotopic (exact) mass is 524 g/mol. The van der Waals surface area contributed by atoms with Crippen LogP contribution in [0.5, 0.6) is 0 Å². The van der Waals surface area contributed by atoms with Gasteiger partial charge in [0, 0.05) is 24.9 Å². The van der Waals surface area contributed by atoms with Crippen LogP contribution >= 0.6 is 0 Å². The van der Waals surface area contributed by atoms with Crippen LogP contribution in [0, 0.1) is 5.92 Å². The van der Waals surface area contributed by atoms with E-state index in [1.807, 2.05) is 0 Å². The summed E-state index contributed by atoms with van der Waals surface area (Å²) in [4.78, 5) is 16.4. The molecule has 1 rings (SSSR count). The smallest absolute Gasteiger partial charge is 0.153 e. The SMILES string of the molecule is CCCCCCCC(CCCCCC)C(=O)[C@@H]1C[C@@H](F)CN1C(CCCCCCC)CCCCCCC. The third-order valence-electron chi connectivity index (χ3n) is 8.83. The molecule has 0 spiro atoms. The molecule has 0 aromatic heterocycles. The first-order chi connectivity index (χ1) is 18.1. The number of halogens is 1. The van der Waals surface area contributed by atoms with Crippen LogP contribution in [0.4, 0.5) is 4.39 Å². The van der Waals surface area contributed by atoms with E-state index >= 15 is 0 Å². The minimum absolute atomic E-state index is 0.144. The van der Waals surface area contributed by atoms with Gasteiger partial charge in [0.2, 0.25) is 0 Å². The highest BCUT2D eigenvalue weighted by Gasteiger charge is 2.41. The summed E-state index contributed by atoms with van der Waals surface area (Å²) in [6, 6.07) is 0.223. The zero-order valence-corrected chi connectivity index (χ0v) is 25.7. The summed E-state index contributed by atoms with van der Waals surface area (Å²) in [6.45, 7) is 9.53. The predicted molar refractivity (Wildman–Crippen MR) is 161 cm³/mol. The standard InChI is InChI=1S/C34H66FNO/c1-5-9-13-17-21-25-30(24-20-16-12-8-4)34(37)33-28-31(35)29-36(33)32(26-22-18-14-10-6-2)27-23-19-15-11-7-3/h30-33H,5-29H2,1-4H3/t30?,31-,33+/m1/s1. The van der Waals surface area contributed by atoms with E-state index in [0.29, 0.717) is 24.8 Å². The molecule has 0 aromatic rings. The second kappa shape index (κ2) is 23.4. The van der Waals surface area contributed by atoms with E-state index in [0.717, 1.165) is 38.5 Å². The molecule has 0 aromatic carbocycles. The molecule has 1 unspecified atom stereocenters. The van der Waals surface area contributed by atoms with Gasteiger partial charge >= 0.3 is 0 Å². The third-order valence-corrected chi connectivity index (χ3v) is 8.83. The fourth-order valence-electron chi connectivity index (χ4n) is 6.45. The van der Waals surface area contributed by atoms with E-state index in [4.69, 9.17) is 0 Å². The molecule has 0 saturated carbocycles. The Balaban J connectivity index is 2.85. The molecule has 0 radical (unpaired) electrons. The lowest BCUT2D eigenvalue weighted by Crippen LogP contribution is -2.45. The summed E-state index contributed by atoms with van der Waals surface area (Å²) in [5, 5.41) is 0. The van der Waals surface area contributed by atoms with Crippen LogP contribution in [-0.2, 0) is 4.79 Å². The quantitative estimate of drug-likeness (QED) is 0.105. The second-order valence-corrected chi connectivity index (χ2v) is 12.3. The van der Waals surface area contributed by atoms with E-state index in [2.05, 4.69) is 32.6 Å². The van der Waals surface area contributed by atoms with E-state index in [9.17, 15) is 9.18 Å². The van der Waals surface area contributed by atoms with Crippen LogP contribution in [0.25, 0.3) is 0 Å². The Morgan fingerprint density at radius 2 is 1.00 bits per heavy atom. The van der Waals surface area contributed by atoms with Gasteiger partial charge in [0.15, 0.2) is 5.78 Å². The second-order valence-electron chi connectivity index (χ2n) is 12.3. The van der Waals surface area contributed by atoms with Gasteiger partial charge in [-0.25, -0.2) is 4.39 Å². The number of hydrogen-bond acceptors (Lipinski definition) is 2. The normalized spacial score (nSPS) is 19.2. The minimum Gasteiger partial charge on any atom is -0.298 e. The molecule has 0 amide bonds. The Hall–Kier alpha value is -0.440. The van der Waals surface area contributed by atoms with Gasteiger partial charge in [0.05, 0.1) is 6.04 Å². The van der Waals surface area contributed by atoms with Gasteiger partial charge in [-0.2, -0.15) is 0 Å². The van der Waals surface area contributed by atoms with Gasteiger partial charge < -0.3 is 0 Å². The van der Waals surface area contributed by atoms with Crippen molar-refractivity contribution in [2.24, 2.45) is 5.92 Å². The van der Waals surface area contributed by atoms with Crippen molar-refractivity contribution in [3.8, 4) is 0 Å². The number of carbonyl (C=O) groups excluding carboxylic acids is 1. The third kappa shape index (κ3) is 15.7. The van der Waals surface area contributed by atoms with E-state index in [-0.39, 0.29) is 12.0 Å². The predicted octanol–water partition coefficient (Wildman–Crippen LogP) is 11.0. The number of carbonyl (C=O) groups is 1. The molecule has 1 aliphatic rings. The van der Waals surface area contributed by atoms with Crippen LogP contribution in [0.1, 0.15) is 182 Å². The van der Waals surface area contributed by atoms with Crippen molar-refractivity contribution in [3.05, 3.63) is 0 Å². The number of nitrogens with zero attached hydrogens (tertiary/aromatic N) is 1. The zero-order valence-electron chi connectivity index (χ0n) is 25.7. The Morgan fingerprint density at radius 3 is 1.43 bits per heavy atom. The lowest BCUT2D eigenvalue weighted by Gasteiger charge is -2.34. The van der Waals surface area contributed by atoms with Crippen LogP contribution in [0.3, 0.4) is 0 Å². The Kier molecular flexibility index (Phi) is 21.9. The first kappa shape index (κ1) is 34.6. The van der Waals surface area contributed by atoms with Crippen molar-refractivity contribution in [1.82, 2.24) is 4.90 Å². The maximum atomic E-state index is 14.9. The summed E-state index contributed by atoms with van der Waals surface area (Å²) in [5.41, 5.74) is 0. The lowest BCUT2D eigenvalue weighted by molar-refractivity contribution is -0.128. The Labute approximate surface area is 232 Å². The molecule has 0 aliphatic carbocycles. The minimum atomic E-state index is -0.832. The molecule has 1 heterocycles. The number of unbranched alkanes of at least 4 members (excludes halogenated alkanes) is 15. The largest absolute Gasteiger partial charge is 0.298 e. The highest BCUT2D eigenvalue weighted by molar-refractivity contribution is 5.86. The fourth-order valence-corrected chi connectivity index (χ4v) is 6.45. The van der Waals surface area contributed by atoms with Crippen LogP contribution in [-0.4, -0.2) is 35.5 Å². The number of alkyl halides is 1. The number of likely N-dealkylation sites (tertiary alicyclic amines) is 1. The van der Waals surface area contributed by atoms with Crippen molar-refractivity contribution in [2.75, 3.05) is 6.54 Å². The van der Waals surface area contributed by atoms with Gasteiger partial charge in [-0.3, -0.25) is 9.69 Å². The van der Waals surface area contributed by atoms with Crippen molar-refractivity contribution in [2.45, 2.75) is 200 Å². The van der Waals surface area contributed by atoms with E-state index in [1.165, 1.54) is 109 Å². The van der Waals surface area contributed by atoms with Gasteiger partial charge in [-0.1, -0.05) is 150 Å². The maximum absolute atomic E-state index is 14.9. The Bertz CT molecular complexity index is 510. The molecule has 3 heteroatoms. The van der Waals surface area contributed by atoms with Gasteiger partial charge in [-0.05, 0) is 25.7 Å². The van der Waals surface area contributed by atoms with Crippen molar-refractivity contribution in [1.29, 1.82) is 0 Å². The van der Waals surface area contributed by atoms with Crippen molar-refractivity contribution < 1.29 is 9.18 Å². The molecular weight excluding hydrogens is 457 g/mol. The molecular formula is C34H66FNO. The molecule has 2 nitrogen and oxygen atoms in total. The van der Waals surface area contributed by atoms with Gasteiger partial charge in [0.25, 0.3) is 0 Å². The van der Waals surface area contributed by atoms with Crippen molar-refractivity contribution in [3.63, 3.8) is 0 Å². The molecule has 1 fully saturated rings. The van der Waals surface area contributed by atoms with Crippen LogP contribution in [0.15, 0.2) is 0 Å². The number of Topliss-reactive ketones (excluding diaryl/α,β-unsaturated/α-hetero) is 1. The number of hydrogen-bond donors (Lipinski definition) is 0. The number of rotatable bonds is 26. The molecule has 1 saturated heterocycles. The molecule has 37 heavy (non-hydrogen) atoms. The number of ketones is 1. The molecule has 0 bridgehead atoms. The van der Waals surface area contributed by atoms with Crippen LogP contribution in [0.2, 0.25) is 0 Å². The first-order valence-corrected chi connectivity index (χ1v) is 17.0. The van der Waals surface area contributed by atoms with E-state index in [1.54, 1.807) is 0 Å². The molecule has 3 atom stereocenters. The molecule has 0 N–H and O–H groups in total. The average Bonchev–Trinajstić information content (AvgIpc) is 3.29. The summed E-state index contributed by atoms with van der Waals surface area (Å²) in [7, 11) is 0. The van der Waals surface area contributed by atoms with Crippen LogP contribution < -0.4 is 0 Å². The summed E-state index contributed by atoms with van der Waals surface area (Å²) in [5.74, 6) is 0.542. The van der Waals surface area contributed by atoms with E-state index < -0.39 is 6.17 Å². The summed E-state index contributed by atoms with van der Waals surface area (Å²) >= 11 is 0. The summed E-state index contributed by atoms with van der Waals surface area (Å²) < 4.78 is 14.9. The zero-order chi connectivity index (χ0) is 27.1. The highest BCUT2D eigenvalue weighted by Crippen LogP contribution is 2.32. The first-order valence-electron chi connectivity index (χ1n) is 17.0. The summed E-state index contributed by atoms with van der Waals surface area (Å²) in [6.07, 6.45) is 27.9. The van der Waals surface area contributed by atoms with Crippen molar-refractivity contribution >= 4 is 5.78 Å².